The minimum Gasteiger partial charge on any atom is -0.310 e. The highest BCUT2D eigenvalue weighted by molar-refractivity contribution is 4.98. The molecule has 3 fully saturated rings. The Balaban J connectivity index is 1.60. The third-order valence-electron chi connectivity index (χ3n) is 6.10. The molecule has 0 aromatic heterocycles. The maximum absolute atomic E-state index is 3.90. The predicted octanol–water partition coefficient (Wildman–Crippen LogP) is 3.56. The second kappa shape index (κ2) is 6.13. The van der Waals surface area contributed by atoms with Crippen molar-refractivity contribution in [2.24, 2.45) is 5.92 Å². The minimum absolute atomic E-state index is 0.498. The Kier molecular flexibility index (Phi) is 4.48. The van der Waals surface area contributed by atoms with Crippen LogP contribution in [0.1, 0.15) is 71.1 Å². The van der Waals surface area contributed by atoms with E-state index >= 15 is 0 Å². The maximum Gasteiger partial charge on any atom is 0.0308 e. The van der Waals surface area contributed by atoms with Gasteiger partial charge in [0.15, 0.2) is 0 Å². The summed E-state index contributed by atoms with van der Waals surface area (Å²) in [6.07, 6.45) is 14.4. The van der Waals surface area contributed by atoms with Crippen LogP contribution in [-0.4, -0.2) is 36.1 Å². The molecular formula is C17H32N2. The van der Waals surface area contributed by atoms with Crippen molar-refractivity contribution < 1.29 is 0 Å². The Morgan fingerprint density at radius 1 is 1.05 bits per heavy atom. The van der Waals surface area contributed by atoms with Crippen molar-refractivity contribution in [3.05, 3.63) is 0 Å². The van der Waals surface area contributed by atoms with Crippen LogP contribution >= 0.6 is 0 Å². The van der Waals surface area contributed by atoms with Crippen molar-refractivity contribution >= 4 is 0 Å². The van der Waals surface area contributed by atoms with E-state index < -0.39 is 0 Å². The first-order chi connectivity index (χ1) is 9.31. The summed E-state index contributed by atoms with van der Waals surface area (Å²) in [5, 5.41) is 3.90. The van der Waals surface area contributed by atoms with Crippen LogP contribution in [0.3, 0.4) is 0 Å². The van der Waals surface area contributed by atoms with Gasteiger partial charge in [-0.3, -0.25) is 4.90 Å². The highest BCUT2D eigenvalue weighted by atomic mass is 15.2. The van der Waals surface area contributed by atoms with Crippen molar-refractivity contribution in [1.29, 1.82) is 0 Å². The Morgan fingerprint density at radius 3 is 2.47 bits per heavy atom. The Bertz CT molecular complexity index is 275. The first-order valence-electron chi connectivity index (χ1n) is 8.80. The van der Waals surface area contributed by atoms with Crippen molar-refractivity contribution in [3.63, 3.8) is 0 Å². The largest absolute Gasteiger partial charge is 0.310 e. The van der Waals surface area contributed by atoms with Crippen LogP contribution in [0.4, 0.5) is 0 Å². The standard InChI is InChI=1S/C17H32N2/c1-2-15-6-8-16(9-7-15)19-13-5-12-18-17(14-19)10-3-4-11-17/h15-16,18H,2-14H2,1H3. The highest BCUT2D eigenvalue weighted by Gasteiger charge is 2.38. The number of hydrogen-bond acceptors (Lipinski definition) is 2. The molecule has 0 radical (unpaired) electrons. The zero-order valence-corrected chi connectivity index (χ0v) is 12.8. The molecule has 2 saturated carbocycles. The molecule has 3 aliphatic rings. The van der Waals surface area contributed by atoms with Gasteiger partial charge in [-0.05, 0) is 64.0 Å². The van der Waals surface area contributed by atoms with Crippen LogP contribution in [0.2, 0.25) is 0 Å². The van der Waals surface area contributed by atoms with E-state index in [2.05, 4.69) is 17.1 Å². The molecule has 1 heterocycles. The summed E-state index contributed by atoms with van der Waals surface area (Å²) in [4.78, 5) is 2.87. The van der Waals surface area contributed by atoms with E-state index in [0.717, 1.165) is 12.0 Å². The van der Waals surface area contributed by atoms with Gasteiger partial charge in [-0.1, -0.05) is 26.2 Å². The summed E-state index contributed by atoms with van der Waals surface area (Å²) in [7, 11) is 0. The molecule has 0 atom stereocenters. The Labute approximate surface area is 119 Å². The normalized spacial score (nSPS) is 36.5. The van der Waals surface area contributed by atoms with E-state index in [1.807, 2.05) is 0 Å². The lowest BCUT2D eigenvalue weighted by Gasteiger charge is -2.40. The fraction of sp³-hybridized carbons (Fsp3) is 1.00. The fourth-order valence-electron chi connectivity index (χ4n) is 4.78. The lowest BCUT2D eigenvalue weighted by molar-refractivity contribution is 0.111. The molecule has 2 nitrogen and oxygen atoms in total. The monoisotopic (exact) mass is 264 g/mol. The highest BCUT2D eigenvalue weighted by Crippen LogP contribution is 2.35. The van der Waals surface area contributed by atoms with Crippen LogP contribution < -0.4 is 5.32 Å². The average Bonchev–Trinajstić information content (AvgIpc) is 2.80. The van der Waals surface area contributed by atoms with Gasteiger partial charge in [0.25, 0.3) is 0 Å². The smallest absolute Gasteiger partial charge is 0.0308 e. The molecule has 0 amide bonds. The molecule has 3 rings (SSSR count). The summed E-state index contributed by atoms with van der Waals surface area (Å²) in [6.45, 7) is 6.31. The van der Waals surface area contributed by atoms with Crippen LogP contribution in [0.5, 0.6) is 0 Å². The molecule has 1 aliphatic heterocycles. The first-order valence-corrected chi connectivity index (χ1v) is 8.80. The number of rotatable bonds is 2. The summed E-state index contributed by atoms with van der Waals surface area (Å²) in [5.74, 6) is 1.03. The summed E-state index contributed by atoms with van der Waals surface area (Å²) < 4.78 is 0. The zero-order chi connectivity index (χ0) is 13.1. The Morgan fingerprint density at radius 2 is 1.79 bits per heavy atom. The molecular weight excluding hydrogens is 232 g/mol. The van der Waals surface area contributed by atoms with Crippen LogP contribution in [-0.2, 0) is 0 Å². The Hall–Kier alpha value is -0.0800. The molecule has 1 saturated heterocycles. The third kappa shape index (κ3) is 3.16. The minimum atomic E-state index is 0.498. The summed E-state index contributed by atoms with van der Waals surface area (Å²) in [6, 6.07) is 0.903. The molecule has 0 aromatic carbocycles. The van der Waals surface area contributed by atoms with Gasteiger partial charge in [0.1, 0.15) is 0 Å². The second-order valence-electron chi connectivity index (χ2n) is 7.32. The number of nitrogens with one attached hydrogen (secondary N) is 1. The van der Waals surface area contributed by atoms with Crippen LogP contribution in [0.25, 0.3) is 0 Å². The average molecular weight is 264 g/mol. The summed E-state index contributed by atoms with van der Waals surface area (Å²) >= 11 is 0. The van der Waals surface area contributed by atoms with E-state index in [1.165, 1.54) is 83.8 Å². The third-order valence-corrected chi connectivity index (χ3v) is 6.10. The van der Waals surface area contributed by atoms with Gasteiger partial charge in [-0.25, -0.2) is 0 Å². The summed E-state index contributed by atoms with van der Waals surface area (Å²) in [5.41, 5.74) is 0.498. The van der Waals surface area contributed by atoms with E-state index in [0.29, 0.717) is 5.54 Å². The van der Waals surface area contributed by atoms with Gasteiger partial charge >= 0.3 is 0 Å². The molecule has 1 N–H and O–H groups in total. The molecule has 0 unspecified atom stereocenters. The molecule has 110 valence electrons. The molecule has 19 heavy (non-hydrogen) atoms. The SMILES string of the molecule is CCC1CCC(N2CCCNC3(CCCC3)C2)CC1. The molecule has 0 bridgehead atoms. The van der Waals surface area contributed by atoms with E-state index in [1.54, 1.807) is 0 Å². The topological polar surface area (TPSA) is 15.3 Å². The van der Waals surface area contributed by atoms with Gasteiger partial charge in [-0.2, -0.15) is 0 Å². The maximum atomic E-state index is 3.90. The molecule has 0 aromatic rings. The van der Waals surface area contributed by atoms with Crippen molar-refractivity contribution in [3.8, 4) is 0 Å². The lowest BCUT2D eigenvalue weighted by Crippen LogP contribution is -2.52. The van der Waals surface area contributed by atoms with Gasteiger partial charge in [0, 0.05) is 18.1 Å². The van der Waals surface area contributed by atoms with E-state index in [9.17, 15) is 0 Å². The fourth-order valence-corrected chi connectivity index (χ4v) is 4.78. The zero-order valence-electron chi connectivity index (χ0n) is 12.8. The van der Waals surface area contributed by atoms with Gasteiger partial charge in [0.2, 0.25) is 0 Å². The molecule has 2 heteroatoms. The van der Waals surface area contributed by atoms with Crippen LogP contribution in [0, 0.1) is 5.92 Å². The molecule has 1 spiro atoms. The van der Waals surface area contributed by atoms with Crippen LogP contribution in [0.15, 0.2) is 0 Å². The van der Waals surface area contributed by atoms with Gasteiger partial charge in [0.05, 0.1) is 0 Å². The van der Waals surface area contributed by atoms with Crippen molar-refractivity contribution in [1.82, 2.24) is 10.2 Å². The van der Waals surface area contributed by atoms with Gasteiger partial charge < -0.3 is 5.32 Å². The van der Waals surface area contributed by atoms with E-state index in [4.69, 9.17) is 0 Å². The second-order valence-corrected chi connectivity index (χ2v) is 7.32. The lowest BCUT2D eigenvalue weighted by atomic mass is 9.83. The van der Waals surface area contributed by atoms with E-state index in [-0.39, 0.29) is 0 Å². The van der Waals surface area contributed by atoms with Crippen molar-refractivity contribution in [2.75, 3.05) is 19.6 Å². The van der Waals surface area contributed by atoms with Crippen molar-refractivity contribution in [2.45, 2.75) is 82.7 Å². The number of hydrogen-bond donors (Lipinski definition) is 1. The molecule has 2 aliphatic carbocycles. The predicted molar refractivity (Wildman–Crippen MR) is 81.4 cm³/mol. The van der Waals surface area contributed by atoms with Gasteiger partial charge in [-0.15, -0.1) is 0 Å². The number of nitrogens with zero attached hydrogens (tertiary/aromatic N) is 1. The quantitative estimate of drug-likeness (QED) is 0.820. The first kappa shape index (κ1) is 13.9.